The number of rotatable bonds is 4. The Balaban J connectivity index is 1.61. The van der Waals surface area contributed by atoms with Gasteiger partial charge in [-0.15, -0.1) is 0 Å². The van der Waals surface area contributed by atoms with Crippen molar-refractivity contribution in [1.29, 1.82) is 0 Å². The van der Waals surface area contributed by atoms with Crippen molar-refractivity contribution in [1.82, 2.24) is 14.2 Å². The first-order valence-corrected chi connectivity index (χ1v) is 9.53. The number of nitrogens with zero attached hydrogens (tertiary/aromatic N) is 2. The summed E-state index contributed by atoms with van der Waals surface area (Å²) in [5.74, 6) is -0.0896. The minimum absolute atomic E-state index is 0.00213. The summed E-state index contributed by atoms with van der Waals surface area (Å²) >= 11 is 0. The Morgan fingerprint density at radius 3 is 2.33 bits per heavy atom. The number of hydrogen-bond acceptors (Lipinski definition) is 3. The number of piperazine rings is 1. The summed E-state index contributed by atoms with van der Waals surface area (Å²) in [5, 5.41) is 0. The third-order valence-corrected chi connectivity index (χ3v) is 6.07. The maximum absolute atomic E-state index is 12.6. The lowest BCUT2D eigenvalue weighted by Gasteiger charge is -2.33. The van der Waals surface area contributed by atoms with Crippen LogP contribution in [0.5, 0.6) is 0 Å². The van der Waals surface area contributed by atoms with Crippen molar-refractivity contribution in [3.63, 3.8) is 0 Å². The first kappa shape index (κ1) is 16.7. The molecular weight excluding hydrogens is 326 g/mol. The largest absolute Gasteiger partial charge is 0.357 e. The fourth-order valence-electron chi connectivity index (χ4n) is 2.79. The molecule has 2 aromatic rings. The normalized spacial score (nSPS) is 16.3. The smallest absolute Gasteiger partial charge is 0.270 e. The molecule has 1 saturated heterocycles. The molecule has 24 heavy (non-hydrogen) atoms. The van der Waals surface area contributed by atoms with Crippen LogP contribution in [0.1, 0.15) is 21.6 Å². The average molecular weight is 347 g/mol. The van der Waals surface area contributed by atoms with E-state index in [0.29, 0.717) is 31.9 Å². The summed E-state index contributed by atoms with van der Waals surface area (Å²) in [6, 6.07) is 11.0. The van der Waals surface area contributed by atoms with Crippen LogP contribution < -0.4 is 0 Å². The van der Waals surface area contributed by atoms with E-state index < -0.39 is 10.0 Å². The summed E-state index contributed by atoms with van der Waals surface area (Å²) in [6.07, 6.45) is 1.70. The molecule has 0 bridgehead atoms. The van der Waals surface area contributed by atoms with Gasteiger partial charge >= 0.3 is 0 Å². The minimum Gasteiger partial charge on any atom is -0.357 e. The van der Waals surface area contributed by atoms with Gasteiger partial charge in [0.05, 0.1) is 5.75 Å². The Bertz CT molecular complexity index is 790. The number of carbonyl (C=O) groups is 1. The highest BCUT2D eigenvalue weighted by molar-refractivity contribution is 7.88. The molecule has 1 aliphatic heterocycles. The molecule has 1 amide bonds. The zero-order chi connectivity index (χ0) is 17.2. The molecule has 1 aromatic carbocycles. The third-order valence-electron chi connectivity index (χ3n) is 4.22. The third kappa shape index (κ3) is 3.68. The summed E-state index contributed by atoms with van der Waals surface area (Å²) < 4.78 is 26.6. The monoisotopic (exact) mass is 347 g/mol. The van der Waals surface area contributed by atoms with Gasteiger partial charge in [-0.1, -0.05) is 29.8 Å². The van der Waals surface area contributed by atoms with Gasteiger partial charge in [0.1, 0.15) is 5.69 Å². The van der Waals surface area contributed by atoms with E-state index in [1.807, 2.05) is 31.2 Å². The molecule has 0 atom stereocenters. The van der Waals surface area contributed by atoms with Crippen molar-refractivity contribution < 1.29 is 13.2 Å². The number of aromatic amines is 1. The molecule has 1 aliphatic rings. The molecule has 0 unspecified atom stereocenters. The number of aryl methyl sites for hydroxylation is 1. The van der Waals surface area contributed by atoms with E-state index in [2.05, 4.69) is 4.98 Å². The molecule has 7 heteroatoms. The number of H-pyrrole nitrogens is 1. The molecule has 6 nitrogen and oxygen atoms in total. The highest BCUT2D eigenvalue weighted by Gasteiger charge is 2.29. The SMILES string of the molecule is Cc1ccc(CS(=O)(=O)N2CCN(C(=O)c3ccc[nH]3)CC2)cc1. The van der Waals surface area contributed by atoms with Crippen LogP contribution in [0.15, 0.2) is 42.6 Å². The number of sulfonamides is 1. The quantitative estimate of drug-likeness (QED) is 0.913. The number of nitrogens with one attached hydrogen (secondary N) is 1. The van der Waals surface area contributed by atoms with E-state index >= 15 is 0 Å². The van der Waals surface area contributed by atoms with Gasteiger partial charge in [-0.25, -0.2) is 8.42 Å². The lowest BCUT2D eigenvalue weighted by Crippen LogP contribution is -2.50. The standard InChI is InChI=1S/C17H21N3O3S/c1-14-4-6-15(7-5-14)13-24(22,23)20-11-9-19(10-12-20)17(21)16-3-2-8-18-16/h2-8,18H,9-13H2,1H3. The van der Waals surface area contributed by atoms with Crippen molar-refractivity contribution in [3.05, 3.63) is 59.4 Å². The molecule has 0 saturated carbocycles. The van der Waals surface area contributed by atoms with E-state index in [1.165, 1.54) is 4.31 Å². The van der Waals surface area contributed by atoms with E-state index in [9.17, 15) is 13.2 Å². The van der Waals surface area contributed by atoms with Crippen LogP contribution in [0.4, 0.5) is 0 Å². The number of benzene rings is 1. The topological polar surface area (TPSA) is 73.5 Å². The van der Waals surface area contributed by atoms with Crippen molar-refractivity contribution in [2.24, 2.45) is 0 Å². The molecule has 3 rings (SSSR count). The molecule has 1 aromatic heterocycles. The van der Waals surface area contributed by atoms with Crippen LogP contribution in [-0.2, 0) is 15.8 Å². The summed E-state index contributed by atoms with van der Waals surface area (Å²) in [4.78, 5) is 16.8. The molecular formula is C17H21N3O3S. The second-order valence-electron chi connectivity index (χ2n) is 6.02. The number of aromatic nitrogens is 1. The Kier molecular flexibility index (Phi) is 4.73. The molecule has 2 heterocycles. The predicted molar refractivity (Wildman–Crippen MR) is 92.1 cm³/mol. The van der Waals surface area contributed by atoms with Crippen LogP contribution in [0.3, 0.4) is 0 Å². The van der Waals surface area contributed by atoms with Gasteiger partial charge in [0.15, 0.2) is 0 Å². The summed E-state index contributed by atoms with van der Waals surface area (Å²) in [5.41, 5.74) is 2.42. The Labute approximate surface area is 142 Å². The fraction of sp³-hybridized carbons (Fsp3) is 0.353. The number of hydrogen-bond donors (Lipinski definition) is 1. The lowest BCUT2D eigenvalue weighted by molar-refractivity contribution is 0.0692. The summed E-state index contributed by atoms with van der Waals surface area (Å²) in [6.45, 7) is 3.45. The van der Waals surface area contributed by atoms with Gasteiger partial charge in [0.2, 0.25) is 10.0 Å². The number of carbonyl (C=O) groups excluding carboxylic acids is 1. The average Bonchev–Trinajstić information content (AvgIpc) is 3.11. The van der Waals surface area contributed by atoms with Crippen molar-refractivity contribution >= 4 is 15.9 Å². The molecule has 0 spiro atoms. The highest BCUT2D eigenvalue weighted by atomic mass is 32.2. The van der Waals surface area contributed by atoms with Gasteiger partial charge in [0.25, 0.3) is 5.91 Å². The van der Waals surface area contributed by atoms with E-state index in [4.69, 9.17) is 0 Å². The minimum atomic E-state index is -3.36. The molecule has 0 aliphatic carbocycles. The second-order valence-corrected chi connectivity index (χ2v) is 7.99. The molecule has 1 fully saturated rings. The van der Waals surface area contributed by atoms with Gasteiger partial charge in [-0.3, -0.25) is 4.79 Å². The number of amides is 1. The van der Waals surface area contributed by atoms with Crippen LogP contribution in [0, 0.1) is 6.92 Å². The van der Waals surface area contributed by atoms with E-state index in [1.54, 1.807) is 23.2 Å². The van der Waals surface area contributed by atoms with Gasteiger partial charge in [0, 0.05) is 32.4 Å². The van der Waals surface area contributed by atoms with E-state index in [0.717, 1.165) is 11.1 Å². The summed E-state index contributed by atoms with van der Waals surface area (Å²) in [7, 11) is -3.36. The van der Waals surface area contributed by atoms with Crippen molar-refractivity contribution in [2.75, 3.05) is 26.2 Å². The van der Waals surface area contributed by atoms with Gasteiger partial charge in [-0.05, 0) is 24.6 Å². The zero-order valence-electron chi connectivity index (χ0n) is 13.6. The maximum atomic E-state index is 12.6. The van der Waals surface area contributed by atoms with Crippen LogP contribution in [-0.4, -0.2) is 54.7 Å². The molecule has 0 radical (unpaired) electrons. The van der Waals surface area contributed by atoms with Gasteiger partial charge < -0.3 is 9.88 Å². The Hall–Kier alpha value is -2.12. The zero-order valence-corrected chi connectivity index (χ0v) is 14.4. The van der Waals surface area contributed by atoms with Crippen molar-refractivity contribution in [2.45, 2.75) is 12.7 Å². The second kappa shape index (κ2) is 6.78. The lowest BCUT2D eigenvalue weighted by atomic mass is 10.2. The molecule has 128 valence electrons. The van der Waals surface area contributed by atoms with Crippen LogP contribution in [0.25, 0.3) is 0 Å². The molecule has 1 N–H and O–H groups in total. The van der Waals surface area contributed by atoms with Gasteiger partial charge in [-0.2, -0.15) is 4.31 Å². The van der Waals surface area contributed by atoms with Crippen LogP contribution >= 0.6 is 0 Å². The fourth-order valence-corrected chi connectivity index (χ4v) is 4.31. The first-order valence-electron chi connectivity index (χ1n) is 7.92. The predicted octanol–water partition coefficient (Wildman–Crippen LogP) is 1.61. The maximum Gasteiger partial charge on any atom is 0.270 e. The Morgan fingerprint density at radius 2 is 1.75 bits per heavy atom. The Morgan fingerprint density at radius 1 is 1.08 bits per heavy atom. The van der Waals surface area contributed by atoms with Crippen LogP contribution in [0.2, 0.25) is 0 Å². The van der Waals surface area contributed by atoms with Crippen molar-refractivity contribution in [3.8, 4) is 0 Å². The first-order chi connectivity index (χ1) is 11.5. The van der Waals surface area contributed by atoms with E-state index in [-0.39, 0.29) is 11.7 Å². The highest BCUT2D eigenvalue weighted by Crippen LogP contribution is 2.15.